The maximum absolute atomic E-state index is 5.97. The zero-order valence-electron chi connectivity index (χ0n) is 17.2. The Morgan fingerprint density at radius 2 is 2.00 bits per heavy atom. The summed E-state index contributed by atoms with van der Waals surface area (Å²) in [4.78, 5) is 0. The topological polar surface area (TPSA) is 56.5 Å². The quantitative estimate of drug-likeness (QED) is 0.757. The molecule has 1 aromatic heterocycles. The van der Waals surface area contributed by atoms with Crippen LogP contribution in [0.2, 0.25) is 0 Å². The summed E-state index contributed by atoms with van der Waals surface area (Å²) >= 11 is 0. The van der Waals surface area contributed by atoms with Crippen LogP contribution < -0.4 is 14.8 Å². The summed E-state index contributed by atoms with van der Waals surface area (Å²) in [6.07, 6.45) is 3.94. The molecule has 1 aliphatic rings. The zero-order chi connectivity index (χ0) is 19.4. The predicted molar refractivity (Wildman–Crippen MR) is 106 cm³/mol. The van der Waals surface area contributed by atoms with Crippen LogP contribution in [0.1, 0.15) is 55.7 Å². The highest BCUT2D eigenvalue weighted by atomic mass is 16.5. The number of ether oxygens (including phenoxy) is 2. The average molecular weight is 373 g/mol. The molecule has 0 aliphatic heterocycles. The molecule has 2 aromatic rings. The van der Waals surface area contributed by atoms with Crippen molar-refractivity contribution >= 4 is 0 Å². The third-order valence-corrected chi connectivity index (χ3v) is 6.06. The summed E-state index contributed by atoms with van der Waals surface area (Å²) in [5.74, 6) is 3.80. The number of hydrogen-bond donors (Lipinski definition) is 1. The molecule has 0 amide bonds. The van der Waals surface area contributed by atoms with E-state index in [1.54, 1.807) is 7.11 Å². The molecule has 0 unspecified atom stereocenters. The molecule has 1 fully saturated rings. The van der Waals surface area contributed by atoms with E-state index in [0.717, 1.165) is 46.9 Å². The fourth-order valence-corrected chi connectivity index (χ4v) is 3.92. The summed E-state index contributed by atoms with van der Waals surface area (Å²) in [7, 11) is 1.68. The van der Waals surface area contributed by atoms with Gasteiger partial charge < -0.3 is 19.3 Å². The van der Waals surface area contributed by atoms with Crippen molar-refractivity contribution in [2.75, 3.05) is 7.11 Å². The predicted octanol–water partition coefficient (Wildman–Crippen LogP) is 4.79. The van der Waals surface area contributed by atoms with E-state index in [-0.39, 0.29) is 0 Å². The molecule has 0 radical (unpaired) electrons. The molecular formula is C22H32N2O3. The van der Waals surface area contributed by atoms with Gasteiger partial charge in [0.15, 0.2) is 11.5 Å². The van der Waals surface area contributed by atoms with Crippen LogP contribution in [0.4, 0.5) is 0 Å². The van der Waals surface area contributed by atoms with Crippen LogP contribution in [0.5, 0.6) is 11.5 Å². The Morgan fingerprint density at radius 3 is 2.70 bits per heavy atom. The fraction of sp³-hybridized carbons (Fsp3) is 0.591. The molecule has 1 heterocycles. The van der Waals surface area contributed by atoms with Gasteiger partial charge in [-0.15, -0.1) is 0 Å². The number of nitrogens with zero attached hydrogens (tertiary/aromatic N) is 1. The fourth-order valence-electron chi connectivity index (χ4n) is 3.92. The third-order valence-electron chi connectivity index (χ3n) is 6.06. The lowest BCUT2D eigenvalue weighted by Gasteiger charge is -2.34. The second kappa shape index (κ2) is 8.79. The van der Waals surface area contributed by atoms with Crippen LogP contribution >= 0.6 is 0 Å². The highest BCUT2D eigenvalue weighted by Crippen LogP contribution is 2.31. The van der Waals surface area contributed by atoms with Crippen molar-refractivity contribution in [3.05, 3.63) is 40.8 Å². The number of hydrogen-bond acceptors (Lipinski definition) is 5. The van der Waals surface area contributed by atoms with E-state index in [4.69, 9.17) is 14.0 Å². The van der Waals surface area contributed by atoms with Crippen molar-refractivity contribution < 1.29 is 14.0 Å². The van der Waals surface area contributed by atoms with Gasteiger partial charge in [-0.2, -0.15) is 0 Å². The van der Waals surface area contributed by atoms with Crippen LogP contribution in [0, 0.1) is 25.7 Å². The SMILES string of the molecule is COc1cc(CN[C@@H]2CCC[C@@H](C)[C@@H]2C)ccc1OCc1c(C)noc1C. The number of nitrogens with one attached hydrogen (secondary N) is 1. The summed E-state index contributed by atoms with van der Waals surface area (Å²) in [5, 5.41) is 7.71. The molecule has 3 atom stereocenters. The third kappa shape index (κ3) is 4.64. The molecular weight excluding hydrogens is 340 g/mol. The van der Waals surface area contributed by atoms with Gasteiger partial charge in [0.05, 0.1) is 18.4 Å². The second-order valence-corrected chi connectivity index (χ2v) is 7.83. The molecule has 1 saturated carbocycles. The van der Waals surface area contributed by atoms with Crippen molar-refractivity contribution in [3.8, 4) is 11.5 Å². The number of benzene rings is 1. The second-order valence-electron chi connectivity index (χ2n) is 7.83. The molecule has 0 spiro atoms. The summed E-state index contributed by atoms with van der Waals surface area (Å²) in [6.45, 7) is 9.83. The number of aryl methyl sites for hydroxylation is 2. The summed E-state index contributed by atoms with van der Waals surface area (Å²) in [5.41, 5.74) is 3.06. The lowest BCUT2D eigenvalue weighted by atomic mass is 9.78. The van der Waals surface area contributed by atoms with Crippen LogP contribution in [0.3, 0.4) is 0 Å². The number of methoxy groups -OCH3 is 1. The average Bonchev–Trinajstić information content (AvgIpc) is 2.99. The summed E-state index contributed by atoms with van der Waals surface area (Å²) in [6, 6.07) is 6.75. The lowest BCUT2D eigenvalue weighted by molar-refractivity contribution is 0.206. The molecule has 1 N–H and O–H groups in total. The molecule has 1 aromatic carbocycles. The molecule has 0 bridgehead atoms. The smallest absolute Gasteiger partial charge is 0.161 e. The van der Waals surface area contributed by atoms with Crippen molar-refractivity contribution in [1.29, 1.82) is 0 Å². The number of aromatic nitrogens is 1. The van der Waals surface area contributed by atoms with E-state index < -0.39 is 0 Å². The van der Waals surface area contributed by atoms with Gasteiger partial charge in [0, 0.05) is 12.6 Å². The van der Waals surface area contributed by atoms with Crippen LogP contribution in [0.15, 0.2) is 22.7 Å². The van der Waals surface area contributed by atoms with E-state index in [1.807, 2.05) is 19.9 Å². The van der Waals surface area contributed by atoms with Crippen molar-refractivity contribution in [1.82, 2.24) is 10.5 Å². The molecule has 27 heavy (non-hydrogen) atoms. The largest absolute Gasteiger partial charge is 0.493 e. The van der Waals surface area contributed by atoms with Gasteiger partial charge in [-0.1, -0.05) is 37.9 Å². The van der Waals surface area contributed by atoms with Gasteiger partial charge in [0.2, 0.25) is 0 Å². The van der Waals surface area contributed by atoms with Gasteiger partial charge >= 0.3 is 0 Å². The zero-order valence-corrected chi connectivity index (χ0v) is 17.2. The Kier molecular flexibility index (Phi) is 6.42. The Balaban J connectivity index is 1.62. The first kappa shape index (κ1) is 19.7. The van der Waals surface area contributed by atoms with Crippen molar-refractivity contribution in [2.45, 2.75) is 66.2 Å². The minimum Gasteiger partial charge on any atom is -0.493 e. The monoisotopic (exact) mass is 372 g/mol. The van der Waals surface area contributed by atoms with Crippen molar-refractivity contribution in [2.24, 2.45) is 11.8 Å². The standard InChI is InChI=1S/C22H32N2O3/c1-14-7-6-8-20(15(14)2)23-12-18-9-10-21(22(11-18)25-5)26-13-19-16(3)24-27-17(19)4/h9-11,14-15,20,23H,6-8,12-13H2,1-5H3/t14-,15+,20-/m1/s1. The van der Waals surface area contributed by atoms with E-state index in [9.17, 15) is 0 Å². The Labute approximate surface area is 162 Å². The number of rotatable bonds is 7. The normalized spacial score (nSPS) is 22.6. The summed E-state index contributed by atoms with van der Waals surface area (Å²) < 4.78 is 16.7. The Bertz CT molecular complexity index is 737. The van der Waals surface area contributed by atoms with Gasteiger partial charge in [0.25, 0.3) is 0 Å². The molecule has 5 nitrogen and oxygen atoms in total. The Hall–Kier alpha value is -2.01. The Morgan fingerprint density at radius 1 is 1.19 bits per heavy atom. The highest BCUT2D eigenvalue weighted by molar-refractivity contribution is 5.43. The first-order chi connectivity index (χ1) is 13.0. The van der Waals surface area contributed by atoms with Gasteiger partial charge in [0.1, 0.15) is 12.4 Å². The molecule has 5 heteroatoms. The van der Waals surface area contributed by atoms with E-state index in [0.29, 0.717) is 12.6 Å². The van der Waals surface area contributed by atoms with Crippen LogP contribution in [-0.2, 0) is 13.2 Å². The molecule has 3 rings (SSSR count). The molecule has 148 valence electrons. The first-order valence-corrected chi connectivity index (χ1v) is 9.94. The highest BCUT2D eigenvalue weighted by Gasteiger charge is 2.26. The van der Waals surface area contributed by atoms with E-state index in [1.165, 1.54) is 24.8 Å². The molecule has 1 aliphatic carbocycles. The maximum atomic E-state index is 5.97. The maximum Gasteiger partial charge on any atom is 0.161 e. The van der Waals surface area contributed by atoms with Crippen molar-refractivity contribution in [3.63, 3.8) is 0 Å². The van der Waals surface area contributed by atoms with Gasteiger partial charge in [-0.25, -0.2) is 0 Å². The minimum absolute atomic E-state index is 0.423. The lowest BCUT2D eigenvalue weighted by Crippen LogP contribution is -2.40. The van der Waals surface area contributed by atoms with Crippen LogP contribution in [0.25, 0.3) is 0 Å². The van der Waals surface area contributed by atoms with E-state index in [2.05, 4.69) is 36.5 Å². The van der Waals surface area contributed by atoms with Crippen LogP contribution in [-0.4, -0.2) is 18.3 Å². The minimum atomic E-state index is 0.423. The van der Waals surface area contributed by atoms with Gasteiger partial charge in [-0.3, -0.25) is 0 Å². The first-order valence-electron chi connectivity index (χ1n) is 9.94. The van der Waals surface area contributed by atoms with Gasteiger partial charge in [-0.05, 0) is 49.8 Å². The van der Waals surface area contributed by atoms with E-state index >= 15 is 0 Å². The molecule has 0 saturated heterocycles.